The molecule has 0 N–H and O–H groups in total. The van der Waals surface area contributed by atoms with Gasteiger partial charge in [0, 0.05) is 18.1 Å². The van der Waals surface area contributed by atoms with Crippen molar-refractivity contribution in [2.75, 3.05) is 0 Å². The zero-order valence-corrected chi connectivity index (χ0v) is 16.6. The third-order valence-corrected chi connectivity index (χ3v) is 5.14. The van der Waals surface area contributed by atoms with Gasteiger partial charge in [-0.25, -0.2) is 0 Å². The molecule has 0 saturated heterocycles. The molecule has 0 radical (unpaired) electrons. The lowest BCUT2D eigenvalue weighted by molar-refractivity contribution is -0.385. The summed E-state index contributed by atoms with van der Waals surface area (Å²) in [5.41, 5.74) is -0.0605. The van der Waals surface area contributed by atoms with Crippen LogP contribution in [0.1, 0.15) is 18.9 Å². The van der Waals surface area contributed by atoms with Crippen molar-refractivity contribution in [2.24, 2.45) is 7.05 Å². The van der Waals surface area contributed by atoms with Crippen LogP contribution in [0.25, 0.3) is 0 Å². The number of ether oxygens (including phenoxy) is 1. The van der Waals surface area contributed by atoms with E-state index in [0.717, 1.165) is 0 Å². The predicted octanol–water partition coefficient (Wildman–Crippen LogP) is 4.12. The van der Waals surface area contributed by atoms with E-state index in [-0.39, 0.29) is 5.69 Å². The molecule has 0 spiro atoms. The fourth-order valence-corrected chi connectivity index (χ4v) is 3.36. The number of thioether (sulfide) groups is 1. The molecular formula is C15H14Cl2N6O3S. The molecule has 0 saturated carbocycles. The molecule has 27 heavy (non-hydrogen) atoms. The van der Waals surface area contributed by atoms with E-state index in [0.29, 0.717) is 32.7 Å². The second kappa shape index (κ2) is 8.15. The van der Waals surface area contributed by atoms with Crippen molar-refractivity contribution in [1.82, 2.24) is 24.5 Å². The van der Waals surface area contributed by atoms with Crippen LogP contribution in [0.15, 0.2) is 35.7 Å². The summed E-state index contributed by atoms with van der Waals surface area (Å²) in [5.74, 6) is 1.41. The Balaban J connectivity index is 1.68. The van der Waals surface area contributed by atoms with Crippen LogP contribution in [-0.4, -0.2) is 29.5 Å². The van der Waals surface area contributed by atoms with Crippen LogP contribution >= 0.6 is 35.0 Å². The zero-order valence-electron chi connectivity index (χ0n) is 14.2. The number of aromatic nitrogens is 5. The van der Waals surface area contributed by atoms with Gasteiger partial charge in [0.2, 0.25) is 0 Å². The smallest absolute Gasteiger partial charge is 0.307 e. The minimum absolute atomic E-state index is 0.0605. The van der Waals surface area contributed by atoms with E-state index in [4.69, 9.17) is 27.9 Å². The maximum atomic E-state index is 10.7. The highest BCUT2D eigenvalue weighted by molar-refractivity contribution is 7.98. The highest BCUT2D eigenvalue weighted by Crippen LogP contribution is 2.31. The molecule has 0 aliphatic rings. The van der Waals surface area contributed by atoms with Crippen molar-refractivity contribution in [3.63, 3.8) is 0 Å². The molecule has 1 unspecified atom stereocenters. The summed E-state index contributed by atoms with van der Waals surface area (Å²) in [6.45, 7) is 1.83. The maximum Gasteiger partial charge on any atom is 0.307 e. The van der Waals surface area contributed by atoms with Gasteiger partial charge in [-0.15, -0.1) is 10.2 Å². The van der Waals surface area contributed by atoms with Crippen LogP contribution in [0.3, 0.4) is 0 Å². The second-order valence-electron chi connectivity index (χ2n) is 5.50. The number of nitrogens with zero attached hydrogens (tertiary/aromatic N) is 6. The summed E-state index contributed by atoms with van der Waals surface area (Å²) >= 11 is 13.4. The summed E-state index contributed by atoms with van der Waals surface area (Å²) < 4.78 is 9.10. The first-order valence-corrected chi connectivity index (χ1v) is 9.40. The van der Waals surface area contributed by atoms with E-state index in [1.165, 1.54) is 28.8 Å². The van der Waals surface area contributed by atoms with E-state index < -0.39 is 11.0 Å². The SMILES string of the molecule is CC(Oc1cc(Cl)ccc1Cl)c1nnc(SCn2cc([N+](=O)[O-])cn2)n1C. The predicted molar refractivity (Wildman–Crippen MR) is 101 cm³/mol. The van der Waals surface area contributed by atoms with Crippen LogP contribution in [-0.2, 0) is 12.9 Å². The number of rotatable bonds is 7. The number of hydrogen-bond donors (Lipinski definition) is 0. The summed E-state index contributed by atoms with van der Waals surface area (Å²) in [6, 6.07) is 4.97. The Hall–Kier alpha value is -2.30. The molecule has 142 valence electrons. The van der Waals surface area contributed by atoms with Crippen LogP contribution < -0.4 is 4.74 Å². The van der Waals surface area contributed by atoms with Gasteiger partial charge < -0.3 is 9.30 Å². The van der Waals surface area contributed by atoms with Gasteiger partial charge in [0.05, 0.1) is 15.8 Å². The Morgan fingerprint density at radius 3 is 2.85 bits per heavy atom. The minimum atomic E-state index is -0.491. The average molecular weight is 429 g/mol. The van der Waals surface area contributed by atoms with E-state index >= 15 is 0 Å². The average Bonchev–Trinajstić information content (AvgIpc) is 3.23. The molecule has 3 aromatic rings. The highest BCUT2D eigenvalue weighted by atomic mass is 35.5. The molecule has 0 amide bonds. The number of benzene rings is 1. The minimum Gasteiger partial charge on any atom is -0.481 e. The molecule has 0 bridgehead atoms. The van der Waals surface area contributed by atoms with Gasteiger partial charge in [0.15, 0.2) is 17.1 Å². The third-order valence-electron chi connectivity index (χ3n) is 3.59. The van der Waals surface area contributed by atoms with E-state index in [2.05, 4.69) is 15.3 Å². The fourth-order valence-electron chi connectivity index (χ4n) is 2.26. The van der Waals surface area contributed by atoms with Crippen molar-refractivity contribution >= 4 is 40.7 Å². The number of nitro groups is 1. The Labute approximate surface area is 168 Å². The number of hydrogen-bond acceptors (Lipinski definition) is 7. The van der Waals surface area contributed by atoms with E-state index in [1.807, 2.05) is 14.0 Å². The van der Waals surface area contributed by atoms with E-state index in [1.54, 1.807) is 22.8 Å². The maximum absolute atomic E-state index is 10.7. The Bertz CT molecular complexity index is 976. The zero-order chi connectivity index (χ0) is 19.6. The first-order chi connectivity index (χ1) is 12.8. The summed E-state index contributed by atoms with van der Waals surface area (Å²) in [7, 11) is 1.81. The second-order valence-corrected chi connectivity index (χ2v) is 7.26. The standard InChI is InChI=1S/C15H14Cl2N6O3S/c1-9(26-13-5-10(16)3-4-12(13)17)14-19-20-15(21(14)2)27-8-22-7-11(6-18-22)23(24)25/h3-7,9H,8H2,1-2H3. The molecule has 1 atom stereocenters. The lowest BCUT2D eigenvalue weighted by atomic mass is 10.3. The van der Waals surface area contributed by atoms with Crippen LogP contribution in [0.2, 0.25) is 10.0 Å². The van der Waals surface area contributed by atoms with Crippen molar-refractivity contribution in [1.29, 1.82) is 0 Å². The molecule has 0 aliphatic heterocycles. The molecule has 0 fully saturated rings. The van der Waals surface area contributed by atoms with Gasteiger partial charge in [-0.3, -0.25) is 14.8 Å². The van der Waals surface area contributed by atoms with Gasteiger partial charge in [0.25, 0.3) is 0 Å². The van der Waals surface area contributed by atoms with Crippen LogP contribution in [0.4, 0.5) is 5.69 Å². The largest absolute Gasteiger partial charge is 0.481 e. The molecule has 12 heteroatoms. The molecule has 9 nitrogen and oxygen atoms in total. The van der Waals surface area contributed by atoms with Gasteiger partial charge in [-0.2, -0.15) is 5.10 Å². The van der Waals surface area contributed by atoms with Crippen LogP contribution in [0.5, 0.6) is 5.75 Å². The molecule has 2 aromatic heterocycles. The molecule has 3 rings (SSSR count). The van der Waals surface area contributed by atoms with Crippen LogP contribution in [0, 0.1) is 10.1 Å². The summed E-state index contributed by atoms with van der Waals surface area (Å²) in [5, 5.41) is 24.5. The van der Waals surface area contributed by atoms with Gasteiger partial charge in [-0.1, -0.05) is 35.0 Å². The molecule has 2 heterocycles. The monoisotopic (exact) mass is 428 g/mol. The summed E-state index contributed by atoms with van der Waals surface area (Å²) in [6.07, 6.45) is 2.14. The molecular weight excluding hydrogens is 415 g/mol. The molecule has 0 aliphatic carbocycles. The topological polar surface area (TPSA) is 101 Å². The van der Waals surface area contributed by atoms with Crippen molar-refractivity contribution < 1.29 is 9.66 Å². The van der Waals surface area contributed by atoms with Crippen molar-refractivity contribution in [3.8, 4) is 5.75 Å². The highest BCUT2D eigenvalue weighted by Gasteiger charge is 2.19. The third kappa shape index (κ3) is 4.52. The van der Waals surface area contributed by atoms with Gasteiger partial charge >= 0.3 is 5.69 Å². The normalized spacial score (nSPS) is 12.1. The Kier molecular flexibility index (Phi) is 5.88. The number of halogens is 2. The van der Waals surface area contributed by atoms with Crippen molar-refractivity contribution in [3.05, 3.63) is 56.6 Å². The quantitative estimate of drug-likeness (QED) is 0.316. The van der Waals surface area contributed by atoms with Gasteiger partial charge in [0.1, 0.15) is 18.1 Å². The Morgan fingerprint density at radius 1 is 1.37 bits per heavy atom. The van der Waals surface area contributed by atoms with E-state index in [9.17, 15) is 10.1 Å². The fraction of sp³-hybridized carbons (Fsp3) is 0.267. The lowest BCUT2D eigenvalue weighted by Crippen LogP contribution is -2.10. The lowest BCUT2D eigenvalue weighted by Gasteiger charge is -2.15. The first kappa shape index (κ1) is 19.5. The van der Waals surface area contributed by atoms with Crippen molar-refractivity contribution in [2.45, 2.75) is 24.1 Å². The Morgan fingerprint density at radius 2 is 2.15 bits per heavy atom. The first-order valence-electron chi connectivity index (χ1n) is 7.66. The van der Waals surface area contributed by atoms with Gasteiger partial charge in [-0.05, 0) is 19.1 Å². The molecule has 1 aromatic carbocycles. The summed E-state index contributed by atoms with van der Waals surface area (Å²) in [4.78, 5) is 10.2.